The summed E-state index contributed by atoms with van der Waals surface area (Å²) in [4.78, 5) is 0. The highest BCUT2D eigenvalue weighted by molar-refractivity contribution is 6.69. The second-order valence-electron chi connectivity index (χ2n) is 4.92. The highest BCUT2D eigenvalue weighted by Gasteiger charge is 2.27. The predicted molar refractivity (Wildman–Crippen MR) is 68.6 cm³/mol. The molecule has 1 atom stereocenters. The molecule has 1 aromatic rings. The lowest BCUT2D eigenvalue weighted by molar-refractivity contribution is -0.0185. The van der Waals surface area contributed by atoms with Crippen molar-refractivity contribution in [1.29, 1.82) is 0 Å². The third kappa shape index (κ3) is 2.81. The van der Waals surface area contributed by atoms with E-state index >= 15 is 0 Å². The Bertz CT molecular complexity index is 379. The van der Waals surface area contributed by atoms with Crippen molar-refractivity contribution in [3.8, 4) is 0 Å². The maximum Gasteiger partial charge on any atom is 0.187 e. The Labute approximate surface area is 98.0 Å². The summed E-state index contributed by atoms with van der Waals surface area (Å²) in [6.07, 6.45) is 1.94. The number of hydrogen-bond donors (Lipinski definition) is 0. The van der Waals surface area contributed by atoms with Gasteiger partial charge in [-0.3, -0.25) is 0 Å². The molecular formula is C13H18O2Si. The molecule has 0 saturated carbocycles. The zero-order valence-corrected chi connectivity index (χ0v) is 11.1. The maximum atomic E-state index is 6.01. The van der Waals surface area contributed by atoms with E-state index in [-0.39, 0.29) is 6.29 Å². The minimum absolute atomic E-state index is 0.172. The van der Waals surface area contributed by atoms with Crippen LogP contribution in [0.15, 0.2) is 36.4 Å². The highest BCUT2D eigenvalue weighted by Crippen LogP contribution is 2.28. The first-order valence-corrected chi connectivity index (χ1v) is 9.02. The summed E-state index contributed by atoms with van der Waals surface area (Å²) >= 11 is 0. The van der Waals surface area contributed by atoms with Crippen LogP contribution >= 0.6 is 0 Å². The molecule has 0 saturated heterocycles. The lowest BCUT2D eigenvalue weighted by atomic mass is 10.1. The van der Waals surface area contributed by atoms with Crippen molar-refractivity contribution in [2.24, 2.45) is 0 Å². The first-order valence-electron chi connectivity index (χ1n) is 5.61. The van der Waals surface area contributed by atoms with Crippen LogP contribution in [0.5, 0.6) is 0 Å². The molecule has 0 N–H and O–H groups in total. The van der Waals surface area contributed by atoms with E-state index in [1.807, 2.05) is 18.2 Å². The maximum absolute atomic E-state index is 6.01. The Balaban J connectivity index is 2.16. The molecule has 1 aliphatic heterocycles. The van der Waals surface area contributed by atoms with Gasteiger partial charge in [-0.05, 0) is 31.3 Å². The Morgan fingerprint density at radius 1 is 1.19 bits per heavy atom. The van der Waals surface area contributed by atoms with Gasteiger partial charge in [0.1, 0.15) is 0 Å². The van der Waals surface area contributed by atoms with E-state index in [1.165, 1.54) is 11.1 Å². The van der Waals surface area contributed by atoms with Gasteiger partial charge in [-0.1, -0.05) is 30.3 Å². The molecule has 2 rings (SSSR count). The molecule has 1 unspecified atom stereocenters. The third-order valence-electron chi connectivity index (χ3n) is 2.37. The molecule has 2 nitrogen and oxygen atoms in total. The molecule has 0 radical (unpaired) electrons. The van der Waals surface area contributed by atoms with E-state index in [0.29, 0.717) is 6.61 Å². The smallest absolute Gasteiger partial charge is 0.187 e. The minimum atomic E-state index is -1.56. The van der Waals surface area contributed by atoms with Gasteiger partial charge in [-0.2, -0.15) is 0 Å². The van der Waals surface area contributed by atoms with Gasteiger partial charge in [0.05, 0.1) is 6.61 Å². The summed E-state index contributed by atoms with van der Waals surface area (Å²) in [5.74, 6) is 0. The Hall–Kier alpha value is -0.903. The van der Waals surface area contributed by atoms with Crippen LogP contribution in [-0.4, -0.2) is 21.2 Å². The van der Waals surface area contributed by atoms with Crippen LogP contribution in [0.25, 0.3) is 5.57 Å². The Kier molecular flexibility index (Phi) is 3.28. The van der Waals surface area contributed by atoms with Crippen molar-refractivity contribution in [2.45, 2.75) is 25.9 Å². The van der Waals surface area contributed by atoms with E-state index in [2.05, 4.69) is 37.8 Å². The van der Waals surface area contributed by atoms with Crippen molar-refractivity contribution >= 4 is 13.9 Å². The summed E-state index contributed by atoms with van der Waals surface area (Å²) in [6.45, 7) is 7.19. The van der Waals surface area contributed by atoms with Crippen LogP contribution in [0, 0.1) is 0 Å². The lowest BCUT2D eigenvalue weighted by Crippen LogP contribution is -2.32. The standard InChI is InChI=1S/C13H18O2Si/c1-16(2,3)15-13-12(9-10-14-13)11-7-5-4-6-8-11/h4-9,13H,10H2,1-3H3. The van der Waals surface area contributed by atoms with Crippen molar-refractivity contribution in [2.75, 3.05) is 6.61 Å². The largest absolute Gasteiger partial charge is 0.390 e. The fourth-order valence-electron chi connectivity index (χ4n) is 1.71. The second-order valence-corrected chi connectivity index (χ2v) is 9.38. The van der Waals surface area contributed by atoms with Crippen molar-refractivity contribution in [3.63, 3.8) is 0 Å². The van der Waals surface area contributed by atoms with E-state index < -0.39 is 8.32 Å². The summed E-state index contributed by atoms with van der Waals surface area (Å²) in [7, 11) is -1.56. The zero-order chi connectivity index (χ0) is 11.6. The number of hydrogen-bond acceptors (Lipinski definition) is 2. The fraction of sp³-hybridized carbons (Fsp3) is 0.385. The van der Waals surface area contributed by atoms with Gasteiger partial charge in [0.25, 0.3) is 0 Å². The van der Waals surface area contributed by atoms with Gasteiger partial charge in [0.2, 0.25) is 0 Å². The molecule has 86 valence electrons. The molecule has 0 aromatic heterocycles. The van der Waals surface area contributed by atoms with Gasteiger partial charge in [0.15, 0.2) is 14.6 Å². The normalized spacial score (nSPS) is 20.9. The first kappa shape index (κ1) is 11.6. The Morgan fingerprint density at radius 2 is 1.88 bits per heavy atom. The molecule has 0 fully saturated rings. The molecule has 0 spiro atoms. The van der Waals surface area contributed by atoms with Gasteiger partial charge in [0, 0.05) is 5.57 Å². The van der Waals surface area contributed by atoms with Crippen LogP contribution in [0.3, 0.4) is 0 Å². The topological polar surface area (TPSA) is 18.5 Å². The quantitative estimate of drug-likeness (QED) is 0.747. The molecule has 0 bridgehead atoms. The summed E-state index contributed by atoms with van der Waals surface area (Å²) in [5.41, 5.74) is 2.37. The number of ether oxygens (including phenoxy) is 1. The molecule has 1 heterocycles. The molecular weight excluding hydrogens is 216 g/mol. The van der Waals surface area contributed by atoms with Crippen LogP contribution in [0.2, 0.25) is 19.6 Å². The SMILES string of the molecule is C[Si](C)(C)OC1OCC=C1c1ccccc1. The van der Waals surface area contributed by atoms with E-state index in [4.69, 9.17) is 9.16 Å². The first-order chi connectivity index (χ1) is 7.56. The van der Waals surface area contributed by atoms with Crippen LogP contribution in [0.1, 0.15) is 5.56 Å². The third-order valence-corrected chi connectivity index (χ3v) is 3.29. The van der Waals surface area contributed by atoms with Crippen molar-refractivity contribution < 1.29 is 9.16 Å². The zero-order valence-electron chi connectivity index (χ0n) is 10.1. The van der Waals surface area contributed by atoms with Gasteiger partial charge >= 0.3 is 0 Å². The monoisotopic (exact) mass is 234 g/mol. The van der Waals surface area contributed by atoms with Crippen LogP contribution < -0.4 is 0 Å². The van der Waals surface area contributed by atoms with Crippen LogP contribution in [-0.2, 0) is 9.16 Å². The van der Waals surface area contributed by atoms with Gasteiger partial charge < -0.3 is 9.16 Å². The molecule has 16 heavy (non-hydrogen) atoms. The molecule has 1 aliphatic rings. The summed E-state index contributed by atoms with van der Waals surface area (Å²) < 4.78 is 11.6. The van der Waals surface area contributed by atoms with Crippen LogP contribution in [0.4, 0.5) is 0 Å². The van der Waals surface area contributed by atoms with Gasteiger partial charge in [-0.15, -0.1) is 0 Å². The fourth-order valence-corrected chi connectivity index (χ4v) is 2.55. The molecule has 1 aromatic carbocycles. The average Bonchev–Trinajstić information content (AvgIpc) is 2.64. The van der Waals surface area contributed by atoms with Crippen molar-refractivity contribution in [3.05, 3.63) is 42.0 Å². The lowest BCUT2D eigenvalue weighted by Gasteiger charge is -2.24. The minimum Gasteiger partial charge on any atom is -0.390 e. The van der Waals surface area contributed by atoms with E-state index in [1.54, 1.807) is 0 Å². The summed E-state index contributed by atoms with van der Waals surface area (Å²) in [6, 6.07) is 10.3. The molecule has 0 amide bonds. The van der Waals surface area contributed by atoms with E-state index in [9.17, 15) is 0 Å². The average molecular weight is 234 g/mol. The van der Waals surface area contributed by atoms with E-state index in [0.717, 1.165) is 0 Å². The number of rotatable bonds is 3. The molecule has 3 heteroatoms. The summed E-state index contributed by atoms with van der Waals surface area (Å²) in [5, 5.41) is 0. The predicted octanol–water partition coefficient (Wildman–Crippen LogP) is 3.28. The number of benzene rings is 1. The van der Waals surface area contributed by atoms with Crippen molar-refractivity contribution in [1.82, 2.24) is 0 Å². The molecule has 0 aliphatic carbocycles. The second kappa shape index (κ2) is 4.53. The highest BCUT2D eigenvalue weighted by atomic mass is 28.4. The van der Waals surface area contributed by atoms with Gasteiger partial charge in [-0.25, -0.2) is 0 Å². The Morgan fingerprint density at radius 3 is 2.50 bits per heavy atom.